The van der Waals surface area contributed by atoms with Crippen molar-refractivity contribution < 1.29 is 14.3 Å². The van der Waals surface area contributed by atoms with Crippen LogP contribution in [-0.2, 0) is 4.79 Å². The lowest BCUT2D eigenvalue weighted by molar-refractivity contribution is -0.114. The highest BCUT2D eigenvalue weighted by atomic mass is 16.7. The molecule has 0 N–H and O–H groups in total. The minimum atomic E-state index is 0.276. The van der Waals surface area contributed by atoms with Gasteiger partial charge in [-0.05, 0) is 42.2 Å². The number of rotatable bonds is 1. The fraction of sp³-hybridized carbons (Fsp3) is 0.308. The predicted molar refractivity (Wildman–Crippen MR) is 59.4 cm³/mol. The SMILES string of the molecule is O=C1CCC/C1=C\c1ccc2c(c1)OCO2. The van der Waals surface area contributed by atoms with Gasteiger partial charge >= 0.3 is 0 Å². The number of hydrogen-bond acceptors (Lipinski definition) is 3. The molecular formula is C13H12O3. The Bertz CT molecular complexity index is 474. The van der Waals surface area contributed by atoms with Crippen molar-refractivity contribution in [3.8, 4) is 11.5 Å². The van der Waals surface area contributed by atoms with Crippen LogP contribution in [0.15, 0.2) is 23.8 Å². The summed E-state index contributed by atoms with van der Waals surface area (Å²) >= 11 is 0. The van der Waals surface area contributed by atoms with Crippen LogP contribution in [0, 0.1) is 0 Å². The van der Waals surface area contributed by atoms with Gasteiger partial charge in [0.25, 0.3) is 0 Å². The van der Waals surface area contributed by atoms with E-state index in [-0.39, 0.29) is 12.6 Å². The largest absolute Gasteiger partial charge is 0.454 e. The lowest BCUT2D eigenvalue weighted by Crippen LogP contribution is -1.93. The van der Waals surface area contributed by atoms with Gasteiger partial charge in [0.2, 0.25) is 6.79 Å². The molecule has 0 aromatic heterocycles. The monoisotopic (exact) mass is 216 g/mol. The highest BCUT2D eigenvalue weighted by Crippen LogP contribution is 2.33. The van der Waals surface area contributed by atoms with Gasteiger partial charge in [-0.2, -0.15) is 0 Å². The minimum absolute atomic E-state index is 0.276. The molecule has 0 amide bonds. The number of ether oxygens (including phenoxy) is 2. The quantitative estimate of drug-likeness (QED) is 0.677. The van der Waals surface area contributed by atoms with E-state index in [4.69, 9.17) is 9.47 Å². The molecule has 0 saturated heterocycles. The summed E-state index contributed by atoms with van der Waals surface area (Å²) in [6.45, 7) is 0.286. The van der Waals surface area contributed by atoms with Crippen molar-refractivity contribution in [3.05, 3.63) is 29.3 Å². The van der Waals surface area contributed by atoms with Gasteiger partial charge in [0.1, 0.15) is 0 Å². The number of benzene rings is 1. The van der Waals surface area contributed by atoms with Gasteiger partial charge in [-0.1, -0.05) is 6.07 Å². The van der Waals surface area contributed by atoms with Gasteiger partial charge in [0, 0.05) is 6.42 Å². The molecule has 0 atom stereocenters. The van der Waals surface area contributed by atoms with E-state index in [0.717, 1.165) is 35.5 Å². The first-order valence-corrected chi connectivity index (χ1v) is 5.46. The van der Waals surface area contributed by atoms with Gasteiger partial charge in [-0.15, -0.1) is 0 Å². The minimum Gasteiger partial charge on any atom is -0.454 e. The zero-order chi connectivity index (χ0) is 11.0. The van der Waals surface area contributed by atoms with E-state index >= 15 is 0 Å². The van der Waals surface area contributed by atoms with Crippen LogP contribution in [0.2, 0.25) is 0 Å². The molecule has 2 aliphatic rings. The Kier molecular flexibility index (Phi) is 2.17. The first-order valence-electron chi connectivity index (χ1n) is 5.46. The molecule has 16 heavy (non-hydrogen) atoms. The number of carbonyl (C=O) groups excluding carboxylic acids is 1. The fourth-order valence-electron chi connectivity index (χ4n) is 2.10. The van der Waals surface area contributed by atoms with Crippen molar-refractivity contribution in [2.75, 3.05) is 6.79 Å². The fourth-order valence-corrected chi connectivity index (χ4v) is 2.10. The van der Waals surface area contributed by atoms with Gasteiger partial charge in [0.15, 0.2) is 17.3 Å². The number of fused-ring (bicyclic) bond motifs is 1. The van der Waals surface area contributed by atoms with Crippen LogP contribution >= 0.6 is 0 Å². The van der Waals surface area contributed by atoms with Crippen LogP contribution in [-0.4, -0.2) is 12.6 Å². The van der Waals surface area contributed by atoms with Crippen LogP contribution in [0.1, 0.15) is 24.8 Å². The Morgan fingerprint density at radius 3 is 2.81 bits per heavy atom. The van der Waals surface area contributed by atoms with E-state index < -0.39 is 0 Å². The molecule has 1 heterocycles. The summed E-state index contributed by atoms with van der Waals surface area (Å²) < 4.78 is 10.5. The third-order valence-corrected chi connectivity index (χ3v) is 2.95. The Morgan fingerprint density at radius 1 is 1.12 bits per heavy atom. The van der Waals surface area contributed by atoms with E-state index in [2.05, 4.69) is 0 Å². The van der Waals surface area contributed by atoms with Crippen LogP contribution < -0.4 is 9.47 Å². The summed E-state index contributed by atoms with van der Waals surface area (Å²) in [6.07, 6.45) is 4.52. The number of Topliss-reactive ketones (excluding diaryl/α,β-unsaturated/α-hetero) is 1. The third-order valence-electron chi connectivity index (χ3n) is 2.95. The summed E-state index contributed by atoms with van der Waals surface area (Å²) in [4.78, 5) is 11.5. The summed E-state index contributed by atoms with van der Waals surface area (Å²) in [7, 11) is 0. The Balaban J connectivity index is 1.93. The molecule has 0 radical (unpaired) electrons. The summed E-state index contributed by atoms with van der Waals surface area (Å²) in [5.74, 6) is 1.82. The summed E-state index contributed by atoms with van der Waals surface area (Å²) in [5, 5.41) is 0. The molecular weight excluding hydrogens is 204 g/mol. The zero-order valence-corrected chi connectivity index (χ0v) is 8.86. The van der Waals surface area contributed by atoms with Gasteiger partial charge in [-0.3, -0.25) is 4.79 Å². The van der Waals surface area contributed by atoms with Crippen LogP contribution in [0.3, 0.4) is 0 Å². The number of ketones is 1. The standard InChI is InChI=1S/C13H12O3/c14-11-3-1-2-10(11)6-9-4-5-12-13(7-9)16-8-15-12/h4-7H,1-3,8H2/b10-6+. The van der Waals surface area contributed by atoms with Gasteiger partial charge < -0.3 is 9.47 Å². The highest BCUT2D eigenvalue weighted by Gasteiger charge is 2.17. The lowest BCUT2D eigenvalue weighted by Gasteiger charge is -1.99. The molecule has 0 bridgehead atoms. The van der Waals surface area contributed by atoms with Crippen LogP contribution in [0.5, 0.6) is 11.5 Å². The molecule has 3 heteroatoms. The average molecular weight is 216 g/mol. The van der Waals surface area contributed by atoms with Crippen molar-refractivity contribution in [2.45, 2.75) is 19.3 Å². The predicted octanol–water partition coefficient (Wildman–Crippen LogP) is 2.55. The molecule has 3 nitrogen and oxygen atoms in total. The second-order valence-corrected chi connectivity index (χ2v) is 4.06. The van der Waals surface area contributed by atoms with Crippen LogP contribution in [0.25, 0.3) is 6.08 Å². The van der Waals surface area contributed by atoms with Crippen molar-refractivity contribution >= 4 is 11.9 Å². The molecule has 1 fully saturated rings. The summed E-state index contributed by atoms with van der Waals surface area (Å²) in [6, 6.07) is 5.75. The van der Waals surface area contributed by atoms with Crippen molar-refractivity contribution in [2.24, 2.45) is 0 Å². The van der Waals surface area contributed by atoms with E-state index in [1.807, 2.05) is 24.3 Å². The molecule has 1 aromatic carbocycles. The molecule has 0 spiro atoms. The van der Waals surface area contributed by atoms with Crippen molar-refractivity contribution in [3.63, 3.8) is 0 Å². The van der Waals surface area contributed by atoms with Crippen molar-refractivity contribution in [1.82, 2.24) is 0 Å². The van der Waals surface area contributed by atoms with Crippen molar-refractivity contribution in [1.29, 1.82) is 0 Å². The number of carbonyl (C=O) groups is 1. The molecule has 3 rings (SSSR count). The number of hydrogen-bond donors (Lipinski definition) is 0. The first-order chi connectivity index (χ1) is 7.83. The van der Waals surface area contributed by atoms with E-state index in [1.54, 1.807) is 0 Å². The Morgan fingerprint density at radius 2 is 2.00 bits per heavy atom. The van der Waals surface area contributed by atoms with E-state index in [1.165, 1.54) is 0 Å². The summed E-state index contributed by atoms with van der Waals surface area (Å²) in [5.41, 5.74) is 1.94. The average Bonchev–Trinajstić information content (AvgIpc) is 2.88. The number of allylic oxidation sites excluding steroid dienone is 1. The molecule has 0 unspecified atom stereocenters. The van der Waals surface area contributed by atoms with Gasteiger partial charge in [0.05, 0.1) is 0 Å². The Hall–Kier alpha value is -1.77. The third kappa shape index (κ3) is 1.58. The lowest BCUT2D eigenvalue weighted by atomic mass is 10.1. The molecule has 82 valence electrons. The second kappa shape index (κ2) is 3.67. The maximum atomic E-state index is 11.5. The second-order valence-electron chi connectivity index (χ2n) is 4.06. The topological polar surface area (TPSA) is 35.5 Å². The maximum absolute atomic E-state index is 11.5. The highest BCUT2D eigenvalue weighted by molar-refractivity contribution is 6.01. The Labute approximate surface area is 93.7 Å². The first kappa shape index (κ1) is 9.46. The zero-order valence-electron chi connectivity index (χ0n) is 8.86. The molecule has 1 aromatic rings. The van der Waals surface area contributed by atoms with Gasteiger partial charge in [-0.25, -0.2) is 0 Å². The maximum Gasteiger partial charge on any atom is 0.231 e. The normalized spacial score (nSPS) is 20.8. The van der Waals surface area contributed by atoms with E-state index in [9.17, 15) is 4.79 Å². The molecule has 1 aliphatic heterocycles. The van der Waals surface area contributed by atoms with Crippen LogP contribution in [0.4, 0.5) is 0 Å². The van der Waals surface area contributed by atoms with E-state index in [0.29, 0.717) is 6.42 Å². The smallest absolute Gasteiger partial charge is 0.231 e. The molecule has 1 aliphatic carbocycles. The molecule has 1 saturated carbocycles.